The molecule has 2 aliphatic rings. The molecular weight excluding hydrogens is 717 g/mol. The highest BCUT2D eigenvalue weighted by atomic mass is 32.2. The second kappa shape index (κ2) is 18.9. The highest BCUT2D eigenvalue weighted by Crippen LogP contribution is 2.44. The minimum absolute atomic E-state index is 0.0770. The summed E-state index contributed by atoms with van der Waals surface area (Å²) in [6.07, 6.45) is 1.16. The molecule has 0 spiro atoms. The van der Waals surface area contributed by atoms with Crippen molar-refractivity contribution in [2.24, 2.45) is 0 Å². The van der Waals surface area contributed by atoms with Gasteiger partial charge in [-0.3, -0.25) is 0 Å². The van der Waals surface area contributed by atoms with Gasteiger partial charge in [0.25, 0.3) is 0 Å². The lowest BCUT2D eigenvalue weighted by Crippen LogP contribution is -2.54. The maximum Gasteiger partial charge on any atom is 0.209 e. The van der Waals surface area contributed by atoms with Crippen molar-refractivity contribution in [2.75, 3.05) is 58.6 Å². The molecule has 2 aliphatic heterocycles. The molecular formula is C43H64N2O7SSi. The third kappa shape index (κ3) is 9.60. The second-order valence-corrected chi connectivity index (χ2v) is 23.5. The zero-order valence-electron chi connectivity index (χ0n) is 34.0. The summed E-state index contributed by atoms with van der Waals surface area (Å²) < 4.78 is 60.4. The molecule has 5 rings (SSSR count). The zero-order valence-corrected chi connectivity index (χ0v) is 35.8. The summed E-state index contributed by atoms with van der Waals surface area (Å²) in [6, 6.07) is 21.3. The molecule has 1 unspecified atom stereocenters. The first-order valence-corrected chi connectivity index (χ1v) is 23.4. The van der Waals surface area contributed by atoms with Gasteiger partial charge in [-0.05, 0) is 77.3 Å². The van der Waals surface area contributed by atoms with Crippen LogP contribution in [0.4, 0.5) is 5.69 Å². The highest BCUT2D eigenvalue weighted by molar-refractivity contribution is 7.91. The third-order valence-corrected chi connectivity index (χ3v) is 19.4. The lowest BCUT2D eigenvalue weighted by molar-refractivity contribution is -0.00984. The molecule has 2 heterocycles. The number of nitrogens with one attached hydrogen (secondary N) is 1. The average molecular weight is 781 g/mol. The molecule has 0 saturated carbocycles. The first kappa shape index (κ1) is 42.4. The van der Waals surface area contributed by atoms with Gasteiger partial charge in [-0.2, -0.15) is 0 Å². The van der Waals surface area contributed by atoms with E-state index in [1.54, 1.807) is 26.4 Å². The monoisotopic (exact) mass is 780 g/mol. The minimum atomic E-state index is -3.99. The van der Waals surface area contributed by atoms with Crippen molar-refractivity contribution in [3.05, 3.63) is 89.0 Å². The quantitative estimate of drug-likeness (QED) is 0.101. The van der Waals surface area contributed by atoms with E-state index >= 15 is 0 Å². The molecule has 298 valence electrons. The van der Waals surface area contributed by atoms with Crippen LogP contribution in [0.1, 0.15) is 88.0 Å². The standard InChI is InChI=1S/C43H64N2O7SSi/c1-30(2)54(31(3)4,32(5)6)51-29-37-26-39(35-15-13-34(14-16-35)28-49-9)42(27-44-37)52-43(53(46,47)38-18-11-33(7)12-19-38)36-17-20-41-40(25-36)45(22-24-50-41)21-10-23-48-8/h11-20,25,30-32,37,39,42-44H,10,21-24,26-29H2,1-9H3/t37-,39+,42-,43?/m0/s1. The fourth-order valence-electron chi connectivity index (χ4n) is 8.77. The number of methoxy groups -OCH3 is 2. The van der Waals surface area contributed by atoms with Crippen LogP contribution in [-0.4, -0.2) is 82.6 Å². The van der Waals surface area contributed by atoms with E-state index in [9.17, 15) is 8.42 Å². The Bertz CT molecular complexity index is 1710. The van der Waals surface area contributed by atoms with Gasteiger partial charge >= 0.3 is 0 Å². The van der Waals surface area contributed by atoms with Crippen molar-refractivity contribution in [3.63, 3.8) is 0 Å². The predicted molar refractivity (Wildman–Crippen MR) is 220 cm³/mol. The van der Waals surface area contributed by atoms with E-state index in [-0.39, 0.29) is 16.9 Å². The summed E-state index contributed by atoms with van der Waals surface area (Å²) in [5, 5.41) is 3.75. The number of fused-ring (bicyclic) bond motifs is 1. The van der Waals surface area contributed by atoms with E-state index in [1.807, 2.05) is 37.3 Å². The molecule has 11 heteroatoms. The van der Waals surface area contributed by atoms with Gasteiger partial charge in [0.1, 0.15) is 12.4 Å². The second-order valence-electron chi connectivity index (χ2n) is 16.0. The van der Waals surface area contributed by atoms with E-state index in [0.29, 0.717) is 61.7 Å². The number of rotatable bonds is 18. The third-order valence-electron chi connectivity index (χ3n) is 11.5. The van der Waals surface area contributed by atoms with Crippen LogP contribution in [-0.2, 0) is 35.1 Å². The fourth-order valence-corrected chi connectivity index (χ4v) is 15.8. The van der Waals surface area contributed by atoms with Crippen LogP contribution in [0.3, 0.4) is 0 Å². The molecule has 3 aromatic carbocycles. The Labute approximate surface area is 326 Å². The summed E-state index contributed by atoms with van der Waals surface area (Å²) in [7, 11) is -2.68. The molecule has 9 nitrogen and oxygen atoms in total. The summed E-state index contributed by atoms with van der Waals surface area (Å²) >= 11 is 0. The van der Waals surface area contributed by atoms with Crippen LogP contribution in [0.2, 0.25) is 16.6 Å². The Morgan fingerprint density at radius 3 is 2.22 bits per heavy atom. The molecule has 1 fully saturated rings. The number of benzene rings is 3. The number of sulfone groups is 1. The Balaban J connectivity index is 1.52. The SMILES string of the molecule is COCCCN1CCOc2ccc(C(O[C@H]3CN[C@H](CO[Si](C(C)C)(C(C)C)C(C)C)C[C@@H]3c3ccc(COC)cc3)S(=O)(=O)c3ccc(C)cc3)cc21. The van der Waals surface area contributed by atoms with Crippen LogP contribution in [0.15, 0.2) is 71.6 Å². The van der Waals surface area contributed by atoms with Crippen LogP contribution >= 0.6 is 0 Å². The number of nitrogens with zero attached hydrogens (tertiary/aromatic N) is 1. The van der Waals surface area contributed by atoms with Gasteiger partial charge in [0.15, 0.2) is 13.8 Å². The highest BCUT2D eigenvalue weighted by Gasteiger charge is 2.46. The first-order valence-electron chi connectivity index (χ1n) is 19.7. The van der Waals surface area contributed by atoms with Gasteiger partial charge in [0.2, 0.25) is 9.84 Å². The molecule has 1 saturated heterocycles. The summed E-state index contributed by atoms with van der Waals surface area (Å²) in [5.41, 5.74) is 4.83. The van der Waals surface area contributed by atoms with Crippen molar-refractivity contribution in [3.8, 4) is 5.75 Å². The molecule has 0 bridgehead atoms. The molecule has 0 radical (unpaired) electrons. The summed E-state index contributed by atoms with van der Waals surface area (Å²) in [4.78, 5) is 2.49. The van der Waals surface area contributed by atoms with Gasteiger partial charge in [0, 0.05) is 52.5 Å². The maximum absolute atomic E-state index is 14.8. The van der Waals surface area contributed by atoms with Crippen molar-refractivity contribution >= 4 is 23.8 Å². The van der Waals surface area contributed by atoms with Crippen LogP contribution < -0.4 is 15.0 Å². The number of anilines is 1. The van der Waals surface area contributed by atoms with Crippen LogP contribution in [0.5, 0.6) is 5.75 Å². The van der Waals surface area contributed by atoms with Crippen LogP contribution in [0.25, 0.3) is 0 Å². The fraction of sp³-hybridized carbons (Fsp3) is 0.581. The van der Waals surface area contributed by atoms with Crippen molar-refractivity contribution < 1.29 is 31.8 Å². The number of ether oxygens (including phenoxy) is 4. The van der Waals surface area contributed by atoms with E-state index in [4.69, 9.17) is 23.4 Å². The molecule has 0 aliphatic carbocycles. The van der Waals surface area contributed by atoms with Gasteiger partial charge in [-0.15, -0.1) is 0 Å². The molecule has 4 atom stereocenters. The van der Waals surface area contributed by atoms with Gasteiger partial charge < -0.3 is 33.6 Å². The molecule has 54 heavy (non-hydrogen) atoms. The van der Waals surface area contributed by atoms with E-state index in [2.05, 4.69) is 76.0 Å². The van der Waals surface area contributed by atoms with Gasteiger partial charge in [-0.1, -0.05) is 89.6 Å². The predicted octanol–water partition coefficient (Wildman–Crippen LogP) is 8.57. The summed E-state index contributed by atoms with van der Waals surface area (Å²) in [6.45, 7) is 20.2. The Morgan fingerprint density at radius 2 is 1.59 bits per heavy atom. The van der Waals surface area contributed by atoms with Crippen molar-refractivity contribution in [1.29, 1.82) is 0 Å². The normalized spacial score (nSPS) is 20.0. The molecule has 1 N–H and O–H groups in total. The van der Waals surface area contributed by atoms with Crippen molar-refractivity contribution in [1.82, 2.24) is 5.32 Å². The van der Waals surface area contributed by atoms with Crippen LogP contribution in [0, 0.1) is 6.92 Å². The average Bonchev–Trinajstić information content (AvgIpc) is 3.14. The van der Waals surface area contributed by atoms with E-state index in [1.165, 1.54) is 0 Å². The van der Waals surface area contributed by atoms with Crippen molar-refractivity contribution in [2.45, 2.75) is 113 Å². The number of piperidine rings is 1. The summed E-state index contributed by atoms with van der Waals surface area (Å²) in [5.74, 6) is 0.667. The Kier molecular flexibility index (Phi) is 14.8. The Hall–Kier alpha value is -2.77. The number of aryl methyl sites for hydroxylation is 1. The number of hydrogen-bond acceptors (Lipinski definition) is 9. The first-order chi connectivity index (χ1) is 25.8. The molecule has 0 amide bonds. The molecule has 0 aromatic heterocycles. The molecule has 3 aromatic rings. The Morgan fingerprint density at radius 1 is 0.907 bits per heavy atom. The van der Waals surface area contributed by atoms with Gasteiger partial charge in [-0.25, -0.2) is 8.42 Å². The lowest BCUT2D eigenvalue weighted by atomic mass is 9.84. The van der Waals surface area contributed by atoms with E-state index < -0.39 is 29.7 Å². The van der Waals surface area contributed by atoms with Gasteiger partial charge in [0.05, 0.1) is 29.8 Å². The zero-order chi connectivity index (χ0) is 39.0. The van der Waals surface area contributed by atoms with E-state index in [0.717, 1.165) is 47.5 Å². The minimum Gasteiger partial charge on any atom is -0.490 e. The largest absolute Gasteiger partial charge is 0.490 e. The smallest absolute Gasteiger partial charge is 0.209 e. The number of hydrogen-bond donors (Lipinski definition) is 1. The lowest BCUT2D eigenvalue weighted by Gasteiger charge is -2.44. The topological polar surface area (TPSA) is 95.6 Å². The maximum atomic E-state index is 14.8.